The standard InChI is InChI=1S/C10H16N6O.HI/c1-16(2)10(11)15-6-5-14-9(17)8-7-12-3-4-13-8;/h3-4,7H,5-6H2,1-2H3,(H2,11,15)(H,14,17);1H. The van der Waals surface area contributed by atoms with Crippen LogP contribution in [0.15, 0.2) is 23.6 Å². The highest BCUT2D eigenvalue weighted by Crippen LogP contribution is 1.88. The minimum atomic E-state index is -0.267. The zero-order valence-corrected chi connectivity index (χ0v) is 12.7. The van der Waals surface area contributed by atoms with Crippen molar-refractivity contribution >= 4 is 35.8 Å². The summed E-state index contributed by atoms with van der Waals surface area (Å²) in [5, 5.41) is 2.67. The lowest BCUT2D eigenvalue weighted by Crippen LogP contribution is -2.32. The van der Waals surface area contributed by atoms with E-state index in [2.05, 4.69) is 20.3 Å². The molecule has 0 bridgehead atoms. The first-order valence-corrected chi connectivity index (χ1v) is 5.12. The molecular weight excluding hydrogens is 347 g/mol. The molecule has 1 aromatic rings. The van der Waals surface area contributed by atoms with Gasteiger partial charge in [0, 0.05) is 33.0 Å². The topological polar surface area (TPSA) is 96.5 Å². The first-order chi connectivity index (χ1) is 8.11. The summed E-state index contributed by atoms with van der Waals surface area (Å²) in [4.78, 5) is 25.0. The van der Waals surface area contributed by atoms with Crippen LogP contribution in [0, 0.1) is 0 Å². The maximum Gasteiger partial charge on any atom is 0.271 e. The Morgan fingerprint density at radius 3 is 2.78 bits per heavy atom. The number of nitrogens with one attached hydrogen (secondary N) is 1. The Labute approximate surface area is 123 Å². The van der Waals surface area contributed by atoms with Gasteiger partial charge in [-0.2, -0.15) is 0 Å². The summed E-state index contributed by atoms with van der Waals surface area (Å²) < 4.78 is 0. The maximum atomic E-state index is 11.5. The second kappa shape index (κ2) is 8.61. The zero-order valence-electron chi connectivity index (χ0n) is 10.3. The van der Waals surface area contributed by atoms with Crippen LogP contribution in [0.25, 0.3) is 0 Å². The van der Waals surface area contributed by atoms with Gasteiger partial charge in [-0.1, -0.05) is 0 Å². The average Bonchev–Trinajstić information content (AvgIpc) is 2.35. The first-order valence-electron chi connectivity index (χ1n) is 5.12. The second-order valence-electron chi connectivity index (χ2n) is 3.48. The van der Waals surface area contributed by atoms with E-state index in [4.69, 9.17) is 5.73 Å². The molecule has 18 heavy (non-hydrogen) atoms. The quantitative estimate of drug-likeness (QED) is 0.331. The van der Waals surface area contributed by atoms with Gasteiger partial charge in [0.15, 0.2) is 5.96 Å². The molecular formula is C10H17IN6O. The van der Waals surface area contributed by atoms with Crippen molar-refractivity contribution < 1.29 is 4.79 Å². The molecule has 0 aliphatic rings. The van der Waals surface area contributed by atoms with Gasteiger partial charge in [0.25, 0.3) is 5.91 Å². The molecule has 0 aromatic carbocycles. The van der Waals surface area contributed by atoms with E-state index >= 15 is 0 Å². The number of halogens is 1. The van der Waals surface area contributed by atoms with Gasteiger partial charge >= 0.3 is 0 Å². The highest BCUT2D eigenvalue weighted by Gasteiger charge is 2.04. The smallest absolute Gasteiger partial charge is 0.271 e. The Kier molecular flexibility index (Phi) is 7.92. The number of carbonyl (C=O) groups excluding carboxylic acids is 1. The predicted molar refractivity (Wildman–Crippen MR) is 80.0 cm³/mol. The Hall–Kier alpha value is -1.45. The van der Waals surface area contributed by atoms with E-state index in [0.29, 0.717) is 19.0 Å². The number of hydrogen-bond donors (Lipinski definition) is 2. The summed E-state index contributed by atoms with van der Waals surface area (Å²) in [7, 11) is 3.61. The Morgan fingerprint density at radius 1 is 1.50 bits per heavy atom. The molecule has 0 aliphatic carbocycles. The third kappa shape index (κ3) is 5.75. The van der Waals surface area contributed by atoms with E-state index in [-0.39, 0.29) is 35.6 Å². The van der Waals surface area contributed by atoms with E-state index < -0.39 is 0 Å². The molecule has 0 radical (unpaired) electrons. The number of hydrogen-bond acceptors (Lipinski definition) is 4. The highest BCUT2D eigenvalue weighted by molar-refractivity contribution is 14.0. The minimum absolute atomic E-state index is 0. The van der Waals surface area contributed by atoms with E-state index in [1.165, 1.54) is 18.6 Å². The summed E-state index contributed by atoms with van der Waals surface area (Å²) in [6, 6.07) is 0. The van der Waals surface area contributed by atoms with Crippen molar-refractivity contribution in [3.8, 4) is 0 Å². The van der Waals surface area contributed by atoms with Gasteiger partial charge in [-0.25, -0.2) is 4.98 Å². The molecule has 8 heteroatoms. The Bertz CT molecular complexity index is 395. The van der Waals surface area contributed by atoms with E-state index in [1.54, 1.807) is 19.0 Å². The van der Waals surface area contributed by atoms with Gasteiger partial charge in [0.05, 0.1) is 12.7 Å². The number of nitrogens with zero attached hydrogens (tertiary/aromatic N) is 4. The molecule has 1 aromatic heterocycles. The van der Waals surface area contributed by atoms with Crippen molar-refractivity contribution in [3.05, 3.63) is 24.3 Å². The normalized spacial score (nSPS) is 10.4. The monoisotopic (exact) mass is 364 g/mol. The van der Waals surface area contributed by atoms with Crippen LogP contribution >= 0.6 is 24.0 Å². The van der Waals surface area contributed by atoms with Gasteiger partial charge in [0.1, 0.15) is 5.69 Å². The maximum absolute atomic E-state index is 11.5. The van der Waals surface area contributed by atoms with Crippen LogP contribution in [0.5, 0.6) is 0 Å². The lowest BCUT2D eigenvalue weighted by atomic mass is 10.4. The van der Waals surface area contributed by atoms with Crippen LogP contribution in [0.2, 0.25) is 0 Å². The molecule has 7 nitrogen and oxygen atoms in total. The van der Waals surface area contributed by atoms with Gasteiger partial charge in [-0.05, 0) is 0 Å². The molecule has 1 heterocycles. The van der Waals surface area contributed by atoms with Crippen molar-refractivity contribution in [2.45, 2.75) is 0 Å². The van der Waals surface area contributed by atoms with Gasteiger partial charge in [-0.3, -0.25) is 14.8 Å². The number of guanidine groups is 1. The van der Waals surface area contributed by atoms with Crippen LogP contribution in [-0.4, -0.2) is 53.9 Å². The van der Waals surface area contributed by atoms with Crippen LogP contribution in [0.1, 0.15) is 10.5 Å². The van der Waals surface area contributed by atoms with E-state index in [9.17, 15) is 4.79 Å². The molecule has 3 N–H and O–H groups in total. The van der Waals surface area contributed by atoms with Crippen LogP contribution in [0.3, 0.4) is 0 Å². The number of carbonyl (C=O) groups is 1. The Balaban J connectivity index is 0.00000289. The molecule has 1 amide bonds. The van der Waals surface area contributed by atoms with Gasteiger partial charge in [-0.15, -0.1) is 24.0 Å². The fourth-order valence-electron chi connectivity index (χ4n) is 0.988. The summed E-state index contributed by atoms with van der Waals surface area (Å²) >= 11 is 0. The van der Waals surface area contributed by atoms with Gasteiger partial charge < -0.3 is 16.0 Å². The number of aliphatic imine (C=N–C) groups is 1. The summed E-state index contributed by atoms with van der Waals surface area (Å²) in [6.45, 7) is 0.833. The molecule has 0 fully saturated rings. The fourth-order valence-corrected chi connectivity index (χ4v) is 0.988. The summed E-state index contributed by atoms with van der Waals surface area (Å²) in [6.07, 6.45) is 4.39. The minimum Gasteiger partial charge on any atom is -0.370 e. The summed E-state index contributed by atoms with van der Waals surface area (Å²) in [5.74, 6) is 0.162. The van der Waals surface area contributed by atoms with Crippen LogP contribution < -0.4 is 11.1 Å². The van der Waals surface area contributed by atoms with Crippen molar-refractivity contribution in [1.82, 2.24) is 20.2 Å². The lowest BCUT2D eigenvalue weighted by molar-refractivity contribution is 0.0949. The lowest BCUT2D eigenvalue weighted by Gasteiger charge is -2.10. The molecule has 0 saturated heterocycles. The van der Waals surface area contributed by atoms with E-state index in [1.807, 2.05) is 0 Å². The Morgan fingerprint density at radius 2 is 2.22 bits per heavy atom. The number of aromatic nitrogens is 2. The number of nitrogens with two attached hydrogens (primary N) is 1. The molecule has 100 valence electrons. The fraction of sp³-hybridized carbons (Fsp3) is 0.400. The highest BCUT2D eigenvalue weighted by atomic mass is 127. The second-order valence-corrected chi connectivity index (χ2v) is 3.48. The molecule has 0 saturated carbocycles. The molecule has 0 aliphatic heterocycles. The largest absolute Gasteiger partial charge is 0.370 e. The summed E-state index contributed by atoms with van der Waals surface area (Å²) in [5.41, 5.74) is 5.87. The molecule has 1 rings (SSSR count). The van der Waals surface area contributed by atoms with Gasteiger partial charge in [0.2, 0.25) is 0 Å². The van der Waals surface area contributed by atoms with Crippen molar-refractivity contribution in [2.75, 3.05) is 27.2 Å². The molecule has 0 spiro atoms. The molecule has 0 atom stereocenters. The van der Waals surface area contributed by atoms with Crippen molar-refractivity contribution in [2.24, 2.45) is 10.7 Å². The van der Waals surface area contributed by atoms with Crippen molar-refractivity contribution in [3.63, 3.8) is 0 Å². The van der Waals surface area contributed by atoms with E-state index in [0.717, 1.165) is 0 Å². The third-order valence-electron chi connectivity index (χ3n) is 1.93. The van der Waals surface area contributed by atoms with Crippen molar-refractivity contribution in [1.29, 1.82) is 0 Å². The van der Waals surface area contributed by atoms with Crippen LogP contribution in [-0.2, 0) is 0 Å². The third-order valence-corrected chi connectivity index (χ3v) is 1.93. The zero-order chi connectivity index (χ0) is 12.7. The molecule has 0 unspecified atom stereocenters. The predicted octanol–water partition coefficient (Wildman–Crippen LogP) is -0.299. The average molecular weight is 364 g/mol. The SMILES string of the molecule is CN(C)C(N)=NCCNC(=O)c1cnccn1.I. The van der Waals surface area contributed by atoms with Crippen LogP contribution in [0.4, 0.5) is 0 Å². The number of rotatable bonds is 4. The first kappa shape index (κ1) is 16.6. The number of amides is 1.